The van der Waals surface area contributed by atoms with Gasteiger partial charge in [-0.25, -0.2) is 0 Å². The molecule has 1 rings (SSSR count). The van der Waals surface area contributed by atoms with Crippen LogP contribution in [0.5, 0.6) is 0 Å². The predicted octanol–water partition coefficient (Wildman–Crippen LogP) is -0.0149. The molecule has 88 valence electrons. The number of nitrogens with zero attached hydrogens (tertiary/aromatic N) is 1. The molecule has 0 unspecified atom stereocenters. The van der Waals surface area contributed by atoms with E-state index in [4.69, 9.17) is 5.26 Å². The summed E-state index contributed by atoms with van der Waals surface area (Å²) in [6.45, 7) is 0.230. The van der Waals surface area contributed by atoms with Crippen molar-refractivity contribution < 1.29 is 9.59 Å². The van der Waals surface area contributed by atoms with Crippen molar-refractivity contribution in [3.63, 3.8) is 0 Å². The number of rotatable bonds is 4. The predicted molar refractivity (Wildman–Crippen MR) is 61.8 cm³/mol. The van der Waals surface area contributed by atoms with Crippen LogP contribution < -0.4 is 10.6 Å². The summed E-state index contributed by atoms with van der Waals surface area (Å²) in [5.74, 6) is -1.49. The second-order valence-corrected chi connectivity index (χ2v) is 3.33. The number of hydrogen-bond acceptors (Lipinski definition) is 3. The Balaban J connectivity index is 2.25. The molecule has 0 spiro atoms. The SMILES string of the molecule is N#CCNC(=O)C(=O)NCCc1ccccc1. The molecule has 0 aromatic heterocycles. The van der Waals surface area contributed by atoms with Crippen LogP contribution in [-0.2, 0) is 16.0 Å². The Labute approximate surface area is 99.4 Å². The third-order valence-corrected chi connectivity index (χ3v) is 2.08. The first kappa shape index (κ1) is 12.7. The summed E-state index contributed by atoms with van der Waals surface area (Å²) in [5, 5.41) is 12.9. The topological polar surface area (TPSA) is 82.0 Å². The molecule has 2 amide bonds. The lowest BCUT2D eigenvalue weighted by molar-refractivity contribution is -0.139. The molecule has 1 aromatic carbocycles. The third-order valence-electron chi connectivity index (χ3n) is 2.08. The fourth-order valence-electron chi connectivity index (χ4n) is 1.25. The second-order valence-electron chi connectivity index (χ2n) is 3.33. The summed E-state index contributed by atoms with van der Waals surface area (Å²) >= 11 is 0. The van der Waals surface area contributed by atoms with Crippen molar-refractivity contribution in [3.05, 3.63) is 35.9 Å². The van der Waals surface area contributed by atoms with Crippen molar-refractivity contribution in [2.24, 2.45) is 0 Å². The van der Waals surface area contributed by atoms with Gasteiger partial charge < -0.3 is 10.6 Å². The van der Waals surface area contributed by atoms with Gasteiger partial charge in [-0.15, -0.1) is 0 Å². The maximum atomic E-state index is 11.2. The van der Waals surface area contributed by atoms with E-state index in [0.717, 1.165) is 5.56 Å². The number of nitriles is 1. The van der Waals surface area contributed by atoms with Gasteiger partial charge in [0, 0.05) is 6.54 Å². The van der Waals surface area contributed by atoms with Crippen molar-refractivity contribution in [2.45, 2.75) is 6.42 Å². The average Bonchev–Trinajstić information content (AvgIpc) is 2.37. The van der Waals surface area contributed by atoms with E-state index in [0.29, 0.717) is 13.0 Å². The minimum atomic E-state index is -0.778. The zero-order chi connectivity index (χ0) is 12.5. The highest BCUT2D eigenvalue weighted by Gasteiger charge is 2.11. The first-order valence-electron chi connectivity index (χ1n) is 5.21. The zero-order valence-corrected chi connectivity index (χ0v) is 9.27. The minimum Gasteiger partial charge on any atom is -0.348 e. The maximum absolute atomic E-state index is 11.2. The van der Waals surface area contributed by atoms with E-state index in [1.807, 2.05) is 30.3 Å². The number of carbonyl (C=O) groups excluding carboxylic acids is 2. The summed E-state index contributed by atoms with van der Waals surface area (Å²) in [5.41, 5.74) is 1.09. The average molecular weight is 231 g/mol. The number of hydrogen-bond donors (Lipinski definition) is 2. The van der Waals surface area contributed by atoms with E-state index >= 15 is 0 Å². The van der Waals surface area contributed by atoms with Crippen molar-refractivity contribution in [1.82, 2.24) is 10.6 Å². The first-order chi connectivity index (χ1) is 8.24. The van der Waals surface area contributed by atoms with Gasteiger partial charge in [0.1, 0.15) is 6.54 Å². The Kier molecular flexibility index (Phi) is 5.25. The molecule has 1 aromatic rings. The highest BCUT2D eigenvalue weighted by atomic mass is 16.2. The fourth-order valence-corrected chi connectivity index (χ4v) is 1.25. The smallest absolute Gasteiger partial charge is 0.310 e. The molecule has 0 radical (unpaired) electrons. The quantitative estimate of drug-likeness (QED) is 0.564. The van der Waals surface area contributed by atoms with Crippen molar-refractivity contribution in [1.29, 1.82) is 5.26 Å². The summed E-state index contributed by atoms with van der Waals surface area (Å²) in [6.07, 6.45) is 0.665. The van der Waals surface area contributed by atoms with Gasteiger partial charge in [0.25, 0.3) is 0 Å². The van der Waals surface area contributed by atoms with Gasteiger partial charge in [0.05, 0.1) is 6.07 Å². The standard InChI is InChI=1S/C12H13N3O2/c13-7-9-15-12(17)11(16)14-8-6-10-4-2-1-3-5-10/h1-5H,6,8-9H2,(H,14,16)(H,15,17). The monoisotopic (exact) mass is 231 g/mol. The molecule has 0 fully saturated rings. The molecule has 0 atom stereocenters. The lowest BCUT2D eigenvalue weighted by atomic mass is 10.1. The van der Waals surface area contributed by atoms with Crippen LogP contribution in [0.3, 0.4) is 0 Å². The maximum Gasteiger partial charge on any atom is 0.310 e. The van der Waals surface area contributed by atoms with Crippen LogP contribution >= 0.6 is 0 Å². The van der Waals surface area contributed by atoms with Crippen LogP contribution in [0.1, 0.15) is 5.56 Å². The van der Waals surface area contributed by atoms with E-state index in [9.17, 15) is 9.59 Å². The first-order valence-corrected chi connectivity index (χ1v) is 5.21. The van der Waals surface area contributed by atoms with Gasteiger partial charge in [-0.2, -0.15) is 5.26 Å². The molecule has 0 saturated heterocycles. The van der Waals surface area contributed by atoms with Crippen molar-refractivity contribution >= 4 is 11.8 Å². The Morgan fingerprint density at radius 1 is 1.12 bits per heavy atom. The molecular weight excluding hydrogens is 218 g/mol. The Hall–Kier alpha value is -2.35. The van der Waals surface area contributed by atoms with Crippen LogP contribution in [-0.4, -0.2) is 24.9 Å². The molecule has 0 saturated carbocycles. The van der Waals surface area contributed by atoms with Crippen LogP contribution in [0.25, 0.3) is 0 Å². The van der Waals surface area contributed by atoms with Gasteiger partial charge in [-0.3, -0.25) is 9.59 Å². The molecule has 0 aliphatic carbocycles. The summed E-state index contributed by atoms with van der Waals surface area (Å²) < 4.78 is 0. The second kappa shape index (κ2) is 7.01. The van der Waals surface area contributed by atoms with E-state index in [2.05, 4.69) is 10.6 Å². The molecule has 0 heterocycles. The molecule has 0 bridgehead atoms. The Bertz CT molecular complexity index is 423. The van der Waals surface area contributed by atoms with E-state index < -0.39 is 11.8 Å². The van der Waals surface area contributed by atoms with Gasteiger partial charge >= 0.3 is 11.8 Å². The highest BCUT2D eigenvalue weighted by molar-refractivity contribution is 6.35. The highest BCUT2D eigenvalue weighted by Crippen LogP contribution is 1.97. The molecule has 5 heteroatoms. The molecular formula is C12H13N3O2. The van der Waals surface area contributed by atoms with Crippen LogP contribution in [0.4, 0.5) is 0 Å². The van der Waals surface area contributed by atoms with Crippen molar-refractivity contribution in [3.8, 4) is 6.07 Å². The normalized spacial score (nSPS) is 9.12. The largest absolute Gasteiger partial charge is 0.348 e. The fraction of sp³-hybridized carbons (Fsp3) is 0.250. The third kappa shape index (κ3) is 4.80. The van der Waals surface area contributed by atoms with E-state index in [1.165, 1.54) is 0 Å². The summed E-state index contributed by atoms with van der Waals surface area (Å²) in [4.78, 5) is 22.3. The van der Waals surface area contributed by atoms with Crippen LogP contribution in [0.15, 0.2) is 30.3 Å². The molecule has 0 aliphatic rings. The molecule has 0 aliphatic heterocycles. The summed E-state index contributed by atoms with van der Waals surface area (Å²) in [6, 6.07) is 11.4. The molecule has 2 N–H and O–H groups in total. The van der Waals surface area contributed by atoms with E-state index in [-0.39, 0.29) is 6.54 Å². The van der Waals surface area contributed by atoms with Gasteiger partial charge in [-0.05, 0) is 12.0 Å². The van der Waals surface area contributed by atoms with Crippen LogP contribution in [0.2, 0.25) is 0 Å². The van der Waals surface area contributed by atoms with Gasteiger partial charge in [0.2, 0.25) is 0 Å². The Morgan fingerprint density at radius 2 is 1.76 bits per heavy atom. The number of carbonyl (C=O) groups is 2. The summed E-state index contributed by atoms with van der Waals surface area (Å²) in [7, 11) is 0. The zero-order valence-electron chi connectivity index (χ0n) is 9.27. The minimum absolute atomic E-state index is 0.162. The molecule has 17 heavy (non-hydrogen) atoms. The van der Waals surface area contributed by atoms with Crippen molar-refractivity contribution in [2.75, 3.05) is 13.1 Å². The van der Waals surface area contributed by atoms with Gasteiger partial charge in [0.15, 0.2) is 0 Å². The Morgan fingerprint density at radius 3 is 2.41 bits per heavy atom. The number of amides is 2. The van der Waals surface area contributed by atoms with Gasteiger partial charge in [-0.1, -0.05) is 30.3 Å². The lowest BCUT2D eigenvalue weighted by Crippen LogP contribution is -2.40. The molecule has 5 nitrogen and oxygen atoms in total. The lowest BCUT2D eigenvalue weighted by Gasteiger charge is -2.04. The van der Waals surface area contributed by atoms with E-state index in [1.54, 1.807) is 6.07 Å². The number of benzene rings is 1. The van der Waals surface area contributed by atoms with Crippen LogP contribution in [0, 0.1) is 11.3 Å². The number of nitrogens with one attached hydrogen (secondary N) is 2.